The van der Waals surface area contributed by atoms with Gasteiger partial charge in [0.05, 0.1) is 12.1 Å². The van der Waals surface area contributed by atoms with Crippen molar-refractivity contribution in [2.75, 3.05) is 11.9 Å². The molecule has 1 aromatic heterocycles. The normalized spacial score (nSPS) is 11.0. The van der Waals surface area contributed by atoms with Crippen LogP contribution in [0.3, 0.4) is 0 Å². The zero-order valence-corrected chi connectivity index (χ0v) is 14.2. The topological polar surface area (TPSA) is 84.3 Å². The van der Waals surface area contributed by atoms with Gasteiger partial charge in [0, 0.05) is 11.3 Å². The molecule has 0 fully saturated rings. The molecule has 6 nitrogen and oxygen atoms in total. The number of carbonyl (C=O) groups is 1. The quantitative estimate of drug-likeness (QED) is 0.715. The molecule has 1 heterocycles. The first-order valence-electron chi connectivity index (χ1n) is 8.18. The van der Waals surface area contributed by atoms with Crippen LogP contribution in [0.1, 0.15) is 30.6 Å². The van der Waals surface area contributed by atoms with Crippen molar-refractivity contribution in [3.63, 3.8) is 0 Å². The van der Waals surface area contributed by atoms with Crippen molar-refractivity contribution >= 4 is 22.7 Å². The number of H-pyrrole nitrogens is 1. The second-order valence-electron chi connectivity index (χ2n) is 6.23. The molecule has 0 radical (unpaired) electrons. The van der Waals surface area contributed by atoms with E-state index in [0.717, 1.165) is 12.2 Å². The molecule has 0 atom stereocenters. The van der Waals surface area contributed by atoms with Gasteiger partial charge in [0.15, 0.2) is 5.58 Å². The molecular weight excluding hydrogens is 320 g/mol. The van der Waals surface area contributed by atoms with Crippen molar-refractivity contribution in [1.29, 1.82) is 0 Å². The van der Waals surface area contributed by atoms with Crippen LogP contribution in [0.5, 0.6) is 5.75 Å². The molecule has 0 unspecified atom stereocenters. The van der Waals surface area contributed by atoms with Crippen LogP contribution in [0.15, 0.2) is 51.7 Å². The van der Waals surface area contributed by atoms with E-state index in [2.05, 4.69) is 24.1 Å². The van der Waals surface area contributed by atoms with Crippen LogP contribution in [-0.2, 0) is 0 Å². The maximum absolute atomic E-state index is 12.3. The van der Waals surface area contributed by atoms with E-state index in [-0.39, 0.29) is 5.91 Å². The van der Waals surface area contributed by atoms with Crippen LogP contribution >= 0.6 is 0 Å². The lowest BCUT2D eigenvalue weighted by molar-refractivity contribution is 0.102. The highest BCUT2D eigenvalue weighted by Gasteiger charge is 2.08. The maximum atomic E-state index is 12.3. The monoisotopic (exact) mass is 340 g/mol. The van der Waals surface area contributed by atoms with Gasteiger partial charge in [-0.3, -0.25) is 9.78 Å². The van der Waals surface area contributed by atoms with E-state index in [0.29, 0.717) is 34.9 Å². The summed E-state index contributed by atoms with van der Waals surface area (Å²) in [4.78, 5) is 26.0. The number of hydrogen-bond donors (Lipinski definition) is 2. The van der Waals surface area contributed by atoms with Crippen molar-refractivity contribution in [1.82, 2.24) is 4.98 Å². The summed E-state index contributed by atoms with van der Waals surface area (Å²) in [5, 5.41) is 2.79. The third-order valence-electron chi connectivity index (χ3n) is 3.76. The lowest BCUT2D eigenvalue weighted by Crippen LogP contribution is -2.11. The smallest absolute Gasteiger partial charge is 0.417 e. The number of fused-ring (bicyclic) bond motifs is 1. The molecule has 25 heavy (non-hydrogen) atoms. The first kappa shape index (κ1) is 16.8. The Morgan fingerprint density at radius 1 is 1.20 bits per heavy atom. The number of aromatic nitrogens is 1. The highest BCUT2D eigenvalue weighted by Crippen LogP contribution is 2.18. The fraction of sp³-hybridized carbons (Fsp3) is 0.263. The highest BCUT2D eigenvalue weighted by molar-refractivity contribution is 6.04. The fourth-order valence-electron chi connectivity index (χ4n) is 2.35. The lowest BCUT2D eigenvalue weighted by Gasteiger charge is -2.09. The molecule has 3 aromatic rings. The lowest BCUT2D eigenvalue weighted by atomic mass is 10.1. The third kappa shape index (κ3) is 4.29. The van der Waals surface area contributed by atoms with Crippen LogP contribution in [0, 0.1) is 5.92 Å². The number of benzene rings is 2. The first-order valence-corrected chi connectivity index (χ1v) is 8.18. The van der Waals surface area contributed by atoms with Gasteiger partial charge in [-0.2, -0.15) is 0 Å². The van der Waals surface area contributed by atoms with Crippen LogP contribution in [-0.4, -0.2) is 17.5 Å². The first-order chi connectivity index (χ1) is 12.0. The molecule has 130 valence electrons. The van der Waals surface area contributed by atoms with Gasteiger partial charge >= 0.3 is 5.76 Å². The van der Waals surface area contributed by atoms with Gasteiger partial charge in [0.25, 0.3) is 5.91 Å². The number of ether oxygens (including phenoxy) is 1. The molecule has 0 saturated heterocycles. The molecule has 6 heteroatoms. The van der Waals surface area contributed by atoms with Gasteiger partial charge in [-0.25, -0.2) is 4.79 Å². The Morgan fingerprint density at radius 3 is 2.68 bits per heavy atom. The van der Waals surface area contributed by atoms with Crippen molar-refractivity contribution in [2.45, 2.75) is 20.3 Å². The zero-order chi connectivity index (χ0) is 17.8. The average Bonchev–Trinajstić information content (AvgIpc) is 2.94. The maximum Gasteiger partial charge on any atom is 0.417 e. The van der Waals surface area contributed by atoms with Crippen LogP contribution < -0.4 is 15.8 Å². The van der Waals surface area contributed by atoms with Crippen LogP contribution in [0.25, 0.3) is 11.1 Å². The largest absolute Gasteiger partial charge is 0.494 e. The van der Waals surface area contributed by atoms with Gasteiger partial charge in [-0.05, 0) is 54.8 Å². The summed E-state index contributed by atoms with van der Waals surface area (Å²) < 4.78 is 10.6. The van der Waals surface area contributed by atoms with Gasteiger partial charge in [-0.15, -0.1) is 0 Å². The van der Waals surface area contributed by atoms with E-state index in [1.165, 1.54) is 0 Å². The van der Waals surface area contributed by atoms with E-state index in [9.17, 15) is 9.59 Å². The summed E-state index contributed by atoms with van der Waals surface area (Å²) in [6.07, 6.45) is 0.987. The fourth-order valence-corrected chi connectivity index (χ4v) is 2.35. The molecular formula is C19H20N2O4. The minimum Gasteiger partial charge on any atom is -0.494 e. The van der Waals surface area contributed by atoms with Gasteiger partial charge < -0.3 is 14.5 Å². The van der Waals surface area contributed by atoms with Gasteiger partial charge in [0.1, 0.15) is 5.75 Å². The van der Waals surface area contributed by atoms with Crippen LogP contribution in [0.4, 0.5) is 5.69 Å². The number of carbonyl (C=O) groups excluding carboxylic acids is 1. The van der Waals surface area contributed by atoms with E-state index in [4.69, 9.17) is 9.15 Å². The second kappa shape index (κ2) is 7.25. The number of rotatable bonds is 6. The van der Waals surface area contributed by atoms with E-state index in [1.807, 2.05) is 0 Å². The SMILES string of the molecule is CC(C)CCOc1ccc(C(=O)Nc2ccc3oc(=O)[nH]c3c2)cc1. The molecule has 0 aliphatic carbocycles. The summed E-state index contributed by atoms with van der Waals surface area (Å²) in [5.41, 5.74) is 2.09. The average molecular weight is 340 g/mol. The van der Waals surface area contributed by atoms with E-state index < -0.39 is 5.76 Å². The Hall–Kier alpha value is -3.02. The molecule has 1 amide bonds. The third-order valence-corrected chi connectivity index (χ3v) is 3.76. The van der Waals surface area contributed by atoms with Crippen molar-refractivity contribution in [2.24, 2.45) is 5.92 Å². The number of oxazole rings is 1. The summed E-state index contributed by atoms with van der Waals surface area (Å²) >= 11 is 0. The Morgan fingerprint density at radius 2 is 1.96 bits per heavy atom. The van der Waals surface area contributed by atoms with Crippen molar-refractivity contribution < 1.29 is 13.9 Å². The highest BCUT2D eigenvalue weighted by atomic mass is 16.5. The Labute approximate surface area is 144 Å². The van der Waals surface area contributed by atoms with Crippen molar-refractivity contribution in [3.05, 3.63) is 58.6 Å². The molecule has 2 N–H and O–H groups in total. The predicted octanol–water partition coefficient (Wildman–Crippen LogP) is 3.80. The van der Waals surface area contributed by atoms with Gasteiger partial charge in [0.2, 0.25) is 0 Å². The predicted molar refractivity (Wildman–Crippen MR) is 96.2 cm³/mol. The van der Waals surface area contributed by atoms with E-state index in [1.54, 1.807) is 42.5 Å². The van der Waals surface area contributed by atoms with E-state index >= 15 is 0 Å². The number of amides is 1. The number of aromatic amines is 1. The summed E-state index contributed by atoms with van der Waals surface area (Å²) in [6, 6.07) is 12.0. The standard InChI is InChI=1S/C19H20N2O4/c1-12(2)9-10-24-15-6-3-13(4-7-15)18(22)20-14-5-8-17-16(11-14)21-19(23)25-17/h3-8,11-12H,9-10H2,1-2H3,(H,20,22)(H,21,23). The molecule has 0 spiro atoms. The molecule has 3 rings (SSSR count). The number of nitrogens with one attached hydrogen (secondary N) is 2. The number of anilines is 1. The molecule has 0 saturated carbocycles. The Balaban J connectivity index is 1.64. The minimum absolute atomic E-state index is 0.237. The molecule has 2 aromatic carbocycles. The molecule has 0 aliphatic rings. The number of hydrogen-bond acceptors (Lipinski definition) is 4. The Kier molecular flexibility index (Phi) is 4.88. The Bertz CT molecular complexity index is 922. The van der Waals surface area contributed by atoms with Gasteiger partial charge in [-0.1, -0.05) is 13.8 Å². The second-order valence-corrected chi connectivity index (χ2v) is 6.23. The summed E-state index contributed by atoms with van der Waals surface area (Å²) in [6.45, 7) is 4.95. The molecule has 0 bridgehead atoms. The molecule has 0 aliphatic heterocycles. The van der Waals surface area contributed by atoms with Crippen molar-refractivity contribution in [3.8, 4) is 5.75 Å². The minimum atomic E-state index is -0.522. The zero-order valence-electron chi connectivity index (χ0n) is 14.2. The van der Waals surface area contributed by atoms with Crippen LogP contribution in [0.2, 0.25) is 0 Å². The summed E-state index contributed by atoms with van der Waals surface area (Å²) in [5.74, 6) is 0.576. The summed E-state index contributed by atoms with van der Waals surface area (Å²) in [7, 11) is 0.